The lowest BCUT2D eigenvalue weighted by Crippen LogP contribution is -2.38. The van der Waals surface area contributed by atoms with Crippen molar-refractivity contribution in [1.29, 1.82) is 0 Å². The smallest absolute Gasteiger partial charge is 0.0167 e. The molecule has 96 valence electrons. The number of hydrogen-bond acceptors (Lipinski definition) is 2. The molecule has 0 bridgehead atoms. The van der Waals surface area contributed by atoms with E-state index in [0.717, 1.165) is 6.54 Å². The maximum Gasteiger partial charge on any atom is 0.0167 e. The van der Waals surface area contributed by atoms with Crippen LogP contribution in [0.5, 0.6) is 0 Å². The normalized spacial score (nSPS) is 24.0. The molecule has 1 atom stereocenters. The van der Waals surface area contributed by atoms with Crippen LogP contribution in [-0.2, 0) is 0 Å². The molecule has 16 heavy (non-hydrogen) atoms. The van der Waals surface area contributed by atoms with Crippen molar-refractivity contribution >= 4 is 0 Å². The van der Waals surface area contributed by atoms with Crippen LogP contribution in [0, 0.1) is 5.41 Å². The molecule has 1 aliphatic heterocycles. The van der Waals surface area contributed by atoms with Gasteiger partial charge < -0.3 is 10.6 Å². The molecule has 0 aliphatic carbocycles. The van der Waals surface area contributed by atoms with E-state index in [4.69, 9.17) is 5.73 Å². The van der Waals surface area contributed by atoms with Crippen molar-refractivity contribution < 1.29 is 0 Å². The lowest BCUT2D eigenvalue weighted by Gasteiger charge is -2.25. The van der Waals surface area contributed by atoms with Crippen molar-refractivity contribution in [2.24, 2.45) is 11.1 Å². The Balaban J connectivity index is 2.26. The van der Waals surface area contributed by atoms with Crippen LogP contribution in [0.3, 0.4) is 0 Å². The van der Waals surface area contributed by atoms with E-state index in [-0.39, 0.29) is 0 Å². The lowest BCUT2D eigenvalue weighted by molar-refractivity contribution is 0.245. The fraction of sp³-hybridized carbons (Fsp3) is 1.00. The number of nitrogens with two attached hydrogens (primary N) is 1. The molecule has 0 saturated carbocycles. The molecule has 2 heteroatoms. The number of unbranched alkanes of at least 4 members (excludes halogenated alkanes) is 1. The highest BCUT2D eigenvalue weighted by molar-refractivity contribution is 4.78. The highest BCUT2D eigenvalue weighted by Gasteiger charge is 2.23. The standard InChI is InChI=1S/C14H30N2/c1-4-5-7-13(15)12-16-10-6-8-14(2,3)9-11-16/h13H,4-12,15H2,1-3H3. The van der Waals surface area contributed by atoms with Gasteiger partial charge in [0.15, 0.2) is 0 Å². The zero-order chi connectivity index (χ0) is 12.0. The second-order valence-corrected chi connectivity index (χ2v) is 6.22. The topological polar surface area (TPSA) is 29.3 Å². The molecule has 0 aromatic carbocycles. The van der Waals surface area contributed by atoms with Gasteiger partial charge in [-0.2, -0.15) is 0 Å². The first kappa shape index (κ1) is 14.0. The molecule has 1 unspecified atom stereocenters. The average molecular weight is 226 g/mol. The van der Waals surface area contributed by atoms with Crippen LogP contribution in [0.2, 0.25) is 0 Å². The van der Waals surface area contributed by atoms with Gasteiger partial charge in [0.25, 0.3) is 0 Å². The van der Waals surface area contributed by atoms with Crippen LogP contribution >= 0.6 is 0 Å². The zero-order valence-electron chi connectivity index (χ0n) is 11.5. The minimum absolute atomic E-state index is 0.390. The summed E-state index contributed by atoms with van der Waals surface area (Å²) < 4.78 is 0. The maximum atomic E-state index is 6.17. The van der Waals surface area contributed by atoms with Crippen molar-refractivity contribution in [1.82, 2.24) is 4.90 Å². The van der Waals surface area contributed by atoms with Gasteiger partial charge in [-0.1, -0.05) is 33.6 Å². The summed E-state index contributed by atoms with van der Waals surface area (Å²) in [6.07, 6.45) is 7.77. The Labute approximate surface area is 102 Å². The van der Waals surface area contributed by atoms with E-state index in [1.807, 2.05) is 0 Å². The summed E-state index contributed by atoms with van der Waals surface area (Å²) in [7, 11) is 0. The Morgan fingerprint density at radius 2 is 2.00 bits per heavy atom. The van der Waals surface area contributed by atoms with Crippen LogP contribution in [0.1, 0.15) is 59.3 Å². The molecule has 1 aliphatic rings. The number of likely N-dealkylation sites (tertiary alicyclic amines) is 1. The van der Waals surface area contributed by atoms with E-state index >= 15 is 0 Å². The van der Waals surface area contributed by atoms with Gasteiger partial charge in [0.2, 0.25) is 0 Å². The minimum Gasteiger partial charge on any atom is -0.327 e. The third-order valence-corrected chi connectivity index (χ3v) is 3.85. The molecule has 1 fully saturated rings. The molecule has 2 nitrogen and oxygen atoms in total. The summed E-state index contributed by atoms with van der Waals surface area (Å²) in [5.74, 6) is 0. The Kier molecular flexibility index (Phi) is 5.77. The molecule has 2 N–H and O–H groups in total. The first-order chi connectivity index (χ1) is 7.53. The Hall–Kier alpha value is -0.0800. The van der Waals surface area contributed by atoms with E-state index in [9.17, 15) is 0 Å². The van der Waals surface area contributed by atoms with Gasteiger partial charge in [-0.3, -0.25) is 0 Å². The second-order valence-electron chi connectivity index (χ2n) is 6.22. The van der Waals surface area contributed by atoms with Crippen LogP contribution < -0.4 is 5.73 Å². The van der Waals surface area contributed by atoms with Crippen LogP contribution in [-0.4, -0.2) is 30.6 Å². The van der Waals surface area contributed by atoms with Gasteiger partial charge in [-0.05, 0) is 44.2 Å². The fourth-order valence-corrected chi connectivity index (χ4v) is 2.55. The summed E-state index contributed by atoms with van der Waals surface area (Å²) >= 11 is 0. The number of hydrogen-bond donors (Lipinski definition) is 1. The van der Waals surface area contributed by atoms with Gasteiger partial charge in [-0.15, -0.1) is 0 Å². The monoisotopic (exact) mass is 226 g/mol. The van der Waals surface area contributed by atoms with Crippen LogP contribution in [0.25, 0.3) is 0 Å². The summed E-state index contributed by atoms with van der Waals surface area (Å²) in [5, 5.41) is 0. The van der Waals surface area contributed by atoms with E-state index < -0.39 is 0 Å². The molecular weight excluding hydrogens is 196 g/mol. The first-order valence-corrected chi connectivity index (χ1v) is 7.01. The lowest BCUT2D eigenvalue weighted by atomic mass is 9.85. The third kappa shape index (κ3) is 5.31. The predicted molar refractivity (Wildman–Crippen MR) is 71.6 cm³/mol. The van der Waals surface area contributed by atoms with Crippen molar-refractivity contribution in [3.8, 4) is 0 Å². The molecule has 0 radical (unpaired) electrons. The summed E-state index contributed by atoms with van der Waals surface area (Å²) in [5.41, 5.74) is 6.71. The van der Waals surface area contributed by atoms with Gasteiger partial charge in [-0.25, -0.2) is 0 Å². The minimum atomic E-state index is 0.390. The van der Waals surface area contributed by atoms with E-state index in [1.54, 1.807) is 0 Å². The van der Waals surface area contributed by atoms with E-state index in [0.29, 0.717) is 11.5 Å². The predicted octanol–water partition coefficient (Wildman–Crippen LogP) is 3.02. The quantitative estimate of drug-likeness (QED) is 0.781. The summed E-state index contributed by atoms with van der Waals surface area (Å²) in [6, 6.07) is 0.390. The van der Waals surface area contributed by atoms with Crippen molar-refractivity contribution in [2.45, 2.75) is 65.3 Å². The van der Waals surface area contributed by atoms with Crippen LogP contribution in [0.15, 0.2) is 0 Å². The molecule has 0 spiro atoms. The van der Waals surface area contributed by atoms with Crippen LogP contribution in [0.4, 0.5) is 0 Å². The Bertz CT molecular complexity index is 189. The molecule has 1 heterocycles. The Morgan fingerprint density at radius 3 is 2.69 bits per heavy atom. The largest absolute Gasteiger partial charge is 0.327 e. The molecule has 0 amide bonds. The molecule has 1 rings (SSSR count). The molecule has 0 aromatic rings. The third-order valence-electron chi connectivity index (χ3n) is 3.85. The van der Waals surface area contributed by atoms with Gasteiger partial charge in [0, 0.05) is 12.6 Å². The molecule has 0 aromatic heterocycles. The average Bonchev–Trinajstić information content (AvgIpc) is 2.37. The fourth-order valence-electron chi connectivity index (χ4n) is 2.55. The first-order valence-electron chi connectivity index (χ1n) is 7.01. The van der Waals surface area contributed by atoms with Gasteiger partial charge in [0.1, 0.15) is 0 Å². The Morgan fingerprint density at radius 1 is 1.25 bits per heavy atom. The van der Waals surface area contributed by atoms with Crippen molar-refractivity contribution in [2.75, 3.05) is 19.6 Å². The van der Waals surface area contributed by atoms with E-state index in [2.05, 4.69) is 25.7 Å². The number of nitrogens with zero attached hydrogens (tertiary/aromatic N) is 1. The van der Waals surface area contributed by atoms with Gasteiger partial charge in [0.05, 0.1) is 0 Å². The molecular formula is C14H30N2. The number of rotatable bonds is 5. The summed E-state index contributed by atoms with van der Waals surface area (Å²) in [6.45, 7) is 10.6. The van der Waals surface area contributed by atoms with Crippen molar-refractivity contribution in [3.63, 3.8) is 0 Å². The SMILES string of the molecule is CCCCC(N)CN1CCCC(C)(C)CC1. The highest BCUT2D eigenvalue weighted by Crippen LogP contribution is 2.29. The zero-order valence-corrected chi connectivity index (χ0v) is 11.5. The maximum absolute atomic E-state index is 6.17. The highest BCUT2D eigenvalue weighted by atomic mass is 15.1. The van der Waals surface area contributed by atoms with Crippen molar-refractivity contribution in [3.05, 3.63) is 0 Å². The summed E-state index contributed by atoms with van der Waals surface area (Å²) in [4.78, 5) is 2.58. The second kappa shape index (κ2) is 6.61. The molecule has 1 saturated heterocycles. The van der Waals surface area contributed by atoms with Gasteiger partial charge >= 0.3 is 0 Å². The van der Waals surface area contributed by atoms with E-state index in [1.165, 1.54) is 51.6 Å².